The number of nitrogens with one attached hydrogen (secondary N) is 1. The quantitative estimate of drug-likeness (QED) is 0.843. The standard InChI is InChI=1S/C12H17N3O3S/c1-8-7-18-4-3-15(8)6-10(16)14-12-9(11(13)17)2-5-19-12/h2,5,8H,3-4,6-7H2,1H3,(H2,13,17)(H,14,16)/t8-/m0/s1. The lowest BCUT2D eigenvalue weighted by Crippen LogP contribution is -2.47. The van der Waals surface area contributed by atoms with Crippen molar-refractivity contribution >= 4 is 28.2 Å². The van der Waals surface area contributed by atoms with Gasteiger partial charge in [-0.1, -0.05) is 0 Å². The van der Waals surface area contributed by atoms with Gasteiger partial charge in [-0.05, 0) is 18.4 Å². The molecule has 0 unspecified atom stereocenters. The number of hydrogen-bond acceptors (Lipinski definition) is 5. The van der Waals surface area contributed by atoms with E-state index < -0.39 is 5.91 Å². The second kappa shape index (κ2) is 6.14. The highest BCUT2D eigenvalue weighted by Gasteiger charge is 2.22. The van der Waals surface area contributed by atoms with E-state index in [1.54, 1.807) is 11.4 Å². The van der Waals surface area contributed by atoms with Crippen molar-refractivity contribution in [3.8, 4) is 0 Å². The molecule has 1 aliphatic heterocycles. The van der Waals surface area contributed by atoms with E-state index in [2.05, 4.69) is 10.2 Å². The van der Waals surface area contributed by atoms with Crippen molar-refractivity contribution in [2.24, 2.45) is 5.73 Å². The van der Waals surface area contributed by atoms with Gasteiger partial charge in [-0.15, -0.1) is 11.3 Å². The summed E-state index contributed by atoms with van der Waals surface area (Å²) in [5.41, 5.74) is 5.59. The summed E-state index contributed by atoms with van der Waals surface area (Å²) in [6.45, 7) is 4.33. The maximum Gasteiger partial charge on any atom is 0.251 e. The van der Waals surface area contributed by atoms with Crippen molar-refractivity contribution in [3.63, 3.8) is 0 Å². The number of amides is 2. The summed E-state index contributed by atoms with van der Waals surface area (Å²) in [6, 6.07) is 1.83. The normalized spacial score (nSPS) is 20.2. The van der Waals surface area contributed by atoms with Crippen LogP contribution < -0.4 is 11.1 Å². The Bertz CT molecular complexity index is 475. The first-order valence-electron chi connectivity index (χ1n) is 6.07. The van der Waals surface area contributed by atoms with Gasteiger partial charge >= 0.3 is 0 Å². The van der Waals surface area contributed by atoms with Crippen molar-refractivity contribution in [2.75, 3.05) is 31.6 Å². The van der Waals surface area contributed by atoms with Gasteiger partial charge in [0, 0.05) is 12.6 Å². The van der Waals surface area contributed by atoms with Gasteiger partial charge in [-0.2, -0.15) is 0 Å². The third-order valence-corrected chi connectivity index (χ3v) is 3.87. The molecule has 3 N–H and O–H groups in total. The topological polar surface area (TPSA) is 84.7 Å². The molecule has 0 aliphatic carbocycles. The van der Waals surface area contributed by atoms with Gasteiger partial charge in [0.2, 0.25) is 5.91 Å². The number of carbonyl (C=O) groups is 2. The van der Waals surface area contributed by atoms with Crippen LogP contribution in [0.5, 0.6) is 0 Å². The van der Waals surface area contributed by atoms with Crippen LogP contribution in [0.3, 0.4) is 0 Å². The average molecular weight is 283 g/mol. The Hall–Kier alpha value is -1.44. The molecule has 1 aliphatic rings. The van der Waals surface area contributed by atoms with E-state index in [1.807, 2.05) is 6.92 Å². The lowest BCUT2D eigenvalue weighted by molar-refractivity contribution is -0.119. The molecule has 1 fully saturated rings. The molecule has 7 heteroatoms. The lowest BCUT2D eigenvalue weighted by Gasteiger charge is -2.32. The molecule has 1 saturated heterocycles. The van der Waals surface area contributed by atoms with Gasteiger partial charge in [0.05, 0.1) is 25.3 Å². The Morgan fingerprint density at radius 1 is 1.63 bits per heavy atom. The number of nitrogens with two attached hydrogens (primary N) is 1. The van der Waals surface area contributed by atoms with Crippen LogP contribution in [0.4, 0.5) is 5.00 Å². The molecule has 104 valence electrons. The Morgan fingerprint density at radius 2 is 2.42 bits per heavy atom. The molecule has 1 atom stereocenters. The molecule has 6 nitrogen and oxygen atoms in total. The van der Waals surface area contributed by atoms with Gasteiger partial charge in [0.1, 0.15) is 5.00 Å². The molecular weight excluding hydrogens is 266 g/mol. The van der Waals surface area contributed by atoms with Crippen molar-refractivity contribution in [2.45, 2.75) is 13.0 Å². The van der Waals surface area contributed by atoms with E-state index in [0.29, 0.717) is 30.3 Å². The van der Waals surface area contributed by atoms with E-state index in [0.717, 1.165) is 6.54 Å². The highest BCUT2D eigenvalue weighted by Crippen LogP contribution is 2.22. The summed E-state index contributed by atoms with van der Waals surface area (Å²) in [4.78, 5) is 25.2. The average Bonchev–Trinajstić information content (AvgIpc) is 2.80. The molecule has 0 radical (unpaired) electrons. The molecule has 0 spiro atoms. The minimum Gasteiger partial charge on any atom is -0.379 e. The first-order chi connectivity index (χ1) is 9.08. The number of primary amides is 1. The molecule has 2 rings (SSSR count). The first-order valence-corrected chi connectivity index (χ1v) is 6.95. The summed E-state index contributed by atoms with van der Waals surface area (Å²) >= 11 is 1.29. The number of hydrogen-bond donors (Lipinski definition) is 2. The van der Waals surface area contributed by atoms with Gasteiger partial charge in [0.25, 0.3) is 5.91 Å². The molecule has 2 heterocycles. The van der Waals surface area contributed by atoms with Crippen LogP contribution in [0.1, 0.15) is 17.3 Å². The van der Waals surface area contributed by atoms with Crippen molar-refractivity contribution < 1.29 is 14.3 Å². The maximum absolute atomic E-state index is 12.0. The zero-order chi connectivity index (χ0) is 13.8. The summed E-state index contributed by atoms with van der Waals surface area (Å²) < 4.78 is 5.32. The summed E-state index contributed by atoms with van der Waals surface area (Å²) in [6.07, 6.45) is 0. The van der Waals surface area contributed by atoms with Gasteiger partial charge in [0.15, 0.2) is 0 Å². The number of ether oxygens (including phenoxy) is 1. The Kier molecular flexibility index (Phi) is 4.52. The monoisotopic (exact) mass is 283 g/mol. The number of anilines is 1. The second-order valence-corrected chi connectivity index (χ2v) is 5.39. The van der Waals surface area contributed by atoms with Crippen LogP contribution in [0.2, 0.25) is 0 Å². The van der Waals surface area contributed by atoms with E-state index in [4.69, 9.17) is 10.5 Å². The smallest absolute Gasteiger partial charge is 0.251 e. The van der Waals surface area contributed by atoms with E-state index >= 15 is 0 Å². The van der Waals surface area contributed by atoms with Gasteiger partial charge < -0.3 is 15.8 Å². The SMILES string of the molecule is C[C@H]1COCCN1CC(=O)Nc1sccc1C(N)=O. The number of morpholine rings is 1. The first kappa shape index (κ1) is 14.0. The van der Waals surface area contributed by atoms with Crippen molar-refractivity contribution in [1.82, 2.24) is 4.90 Å². The molecule has 19 heavy (non-hydrogen) atoms. The highest BCUT2D eigenvalue weighted by atomic mass is 32.1. The lowest BCUT2D eigenvalue weighted by atomic mass is 10.2. The summed E-state index contributed by atoms with van der Waals surface area (Å²) in [5, 5.41) is 4.98. The number of carbonyl (C=O) groups excluding carboxylic acids is 2. The minimum absolute atomic E-state index is 0.140. The largest absolute Gasteiger partial charge is 0.379 e. The molecule has 1 aromatic heterocycles. The minimum atomic E-state index is -0.531. The number of rotatable bonds is 4. The Labute approximate surface area is 115 Å². The Morgan fingerprint density at radius 3 is 3.11 bits per heavy atom. The molecule has 0 saturated carbocycles. The van der Waals surface area contributed by atoms with Crippen LogP contribution in [0, 0.1) is 0 Å². The van der Waals surface area contributed by atoms with E-state index in [-0.39, 0.29) is 11.9 Å². The highest BCUT2D eigenvalue weighted by molar-refractivity contribution is 7.14. The second-order valence-electron chi connectivity index (χ2n) is 4.47. The zero-order valence-corrected chi connectivity index (χ0v) is 11.5. The van der Waals surface area contributed by atoms with E-state index in [1.165, 1.54) is 11.3 Å². The fraction of sp³-hybridized carbons (Fsp3) is 0.500. The number of nitrogens with zero attached hydrogens (tertiary/aromatic N) is 1. The van der Waals surface area contributed by atoms with Crippen LogP contribution >= 0.6 is 11.3 Å². The predicted molar refractivity (Wildman–Crippen MR) is 73.3 cm³/mol. The molecule has 0 bridgehead atoms. The van der Waals surface area contributed by atoms with Crippen LogP contribution in [-0.4, -0.2) is 49.1 Å². The fourth-order valence-corrected chi connectivity index (χ4v) is 2.76. The number of thiophene rings is 1. The predicted octanol–water partition coefficient (Wildman–Crippen LogP) is 0.506. The van der Waals surface area contributed by atoms with Crippen LogP contribution in [-0.2, 0) is 9.53 Å². The Balaban J connectivity index is 1.93. The maximum atomic E-state index is 12.0. The zero-order valence-electron chi connectivity index (χ0n) is 10.7. The molecular formula is C12H17N3O3S. The van der Waals surface area contributed by atoms with E-state index in [9.17, 15) is 9.59 Å². The molecule has 2 amide bonds. The van der Waals surface area contributed by atoms with Crippen LogP contribution in [0.15, 0.2) is 11.4 Å². The third kappa shape index (κ3) is 3.52. The molecule has 1 aromatic rings. The fourth-order valence-electron chi connectivity index (χ4n) is 1.95. The summed E-state index contributed by atoms with van der Waals surface area (Å²) in [5.74, 6) is -0.671. The third-order valence-electron chi connectivity index (χ3n) is 3.04. The summed E-state index contributed by atoms with van der Waals surface area (Å²) in [7, 11) is 0. The van der Waals surface area contributed by atoms with Crippen LogP contribution in [0.25, 0.3) is 0 Å². The van der Waals surface area contributed by atoms with Crippen molar-refractivity contribution in [3.05, 3.63) is 17.0 Å². The molecule has 0 aromatic carbocycles. The van der Waals surface area contributed by atoms with Gasteiger partial charge in [-0.25, -0.2) is 0 Å². The van der Waals surface area contributed by atoms with Crippen molar-refractivity contribution in [1.29, 1.82) is 0 Å². The van der Waals surface area contributed by atoms with Gasteiger partial charge in [-0.3, -0.25) is 14.5 Å².